The Kier molecular flexibility index (Phi) is 4.06. The Hall–Kier alpha value is -3.01. The lowest BCUT2D eigenvalue weighted by Gasteiger charge is -2.04. The lowest BCUT2D eigenvalue weighted by molar-refractivity contribution is -0.134. The smallest absolute Gasteiger partial charge is 0.284 e. The molecule has 0 aliphatic rings. The summed E-state index contributed by atoms with van der Waals surface area (Å²) in [5, 5.41) is 9.21. The zero-order valence-corrected chi connectivity index (χ0v) is 14.8. The van der Waals surface area contributed by atoms with Crippen molar-refractivity contribution >= 4 is 22.5 Å². The highest BCUT2D eigenvalue weighted by Gasteiger charge is 2.32. The first-order chi connectivity index (χ1) is 12.8. The van der Waals surface area contributed by atoms with Gasteiger partial charge in [-0.25, -0.2) is 9.78 Å². The Bertz CT molecular complexity index is 1180. The Morgan fingerprint density at radius 2 is 2.04 bits per heavy atom. The molecule has 0 bridgehead atoms. The molecule has 4 aromatic heterocycles. The molecule has 0 saturated carbocycles. The molecule has 0 atom stereocenters. The first-order valence-electron chi connectivity index (χ1n) is 7.82. The molecule has 10 heteroatoms. The molecule has 0 amide bonds. The minimum atomic E-state index is -4.39. The van der Waals surface area contributed by atoms with E-state index in [4.69, 9.17) is 0 Å². The van der Waals surface area contributed by atoms with Crippen LogP contribution in [0.5, 0.6) is 0 Å². The number of alkyl halides is 3. The highest BCUT2D eigenvalue weighted by molar-refractivity contribution is 7.10. The van der Waals surface area contributed by atoms with E-state index >= 15 is 0 Å². The van der Waals surface area contributed by atoms with Crippen LogP contribution in [0.2, 0.25) is 0 Å². The fraction of sp³-hybridized carbons (Fsp3) is 0.176. The van der Waals surface area contributed by atoms with Crippen LogP contribution in [0.15, 0.2) is 46.8 Å². The SMILES string of the molecule is Cn1c(=O)n(Cc2cccnn2)c2cc(-c3csc(C(F)(F)F)c3)cnc21. The van der Waals surface area contributed by atoms with Crippen LogP contribution in [-0.2, 0) is 19.8 Å². The maximum atomic E-state index is 12.9. The molecule has 0 spiro atoms. The van der Waals surface area contributed by atoms with Crippen LogP contribution in [0.1, 0.15) is 10.6 Å². The molecule has 4 aromatic rings. The van der Waals surface area contributed by atoms with Crippen molar-refractivity contribution < 1.29 is 13.2 Å². The number of aryl methyl sites for hydroxylation is 1. The number of hydrogen-bond donors (Lipinski definition) is 0. The number of halogens is 3. The number of pyridine rings is 1. The average Bonchev–Trinajstić information content (AvgIpc) is 3.23. The van der Waals surface area contributed by atoms with Crippen molar-refractivity contribution in [1.29, 1.82) is 0 Å². The zero-order chi connectivity index (χ0) is 19.2. The lowest BCUT2D eigenvalue weighted by Crippen LogP contribution is -2.23. The molecule has 0 unspecified atom stereocenters. The van der Waals surface area contributed by atoms with Crippen molar-refractivity contribution in [3.05, 3.63) is 63.1 Å². The van der Waals surface area contributed by atoms with E-state index in [2.05, 4.69) is 15.2 Å². The predicted octanol–water partition coefficient (Wildman–Crippen LogP) is 3.32. The summed E-state index contributed by atoms with van der Waals surface area (Å²) < 4.78 is 41.5. The Balaban J connectivity index is 1.83. The van der Waals surface area contributed by atoms with Crippen LogP contribution >= 0.6 is 11.3 Å². The Morgan fingerprint density at radius 1 is 1.22 bits per heavy atom. The van der Waals surface area contributed by atoms with E-state index in [9.17, 15) is 18.0 Å². The van der Waals surface area contributed by atoms with E-state index in [-0.39, 0.29) is 12.2 Å². The van der Waals surface area contributed by atoms with Gasteiger partial charge in [0.15, 0.2) is 5.65 Å². The monoisotopic (exact) mass is 391 g/mol. The van der Waals surface area contributed by atoms with Gasteiger partial charge in [-0.05, 0) is 35.2 Å². The van der Waals surface area contributed by atoms with Gasteiger partial charge in [0.05, 0.1) is 17.8 Å². The van der Waals surface area contributed by atoms with Crippen molar-refractivity contribution in [2.45, 2.75) is 12.7 Å². The van der Waals surface area contributed by atoms with Gasteiger partial charge >= 0.3 is 11.9 Å². The first-order valence-corrected chi connectivity index (χ1v) is 8.70. The number of imidazole rings is 1. The van der Waals surface area contributed by atoms with Crippen LogP contribution in [0, 0.1) is 0 Å². The van der Waals surface area contributed by atoms with Crippen LogP contribution in [0.4, 0.5) is 13.2 Å². The first kappa shape index (κ1) is 17.4. The van der Waals surface area contributed by atoms with Crippen molar-refractivity contribution in [2.24, 2.45) is 7.05 Å². The topological polar surface area (TPSA) is 65.6 Å². The van der Waals surface area contributed by atoms with Gasteiger partial charge in [0.1, 0.15) is 4.88 Å². The molecule has 6 nitrogen and oxygen atoms in total. The number of aromatic nitrogens is 5. The van der Waals surface area contributed by atoms with Crippen molar-refractivity contribution in [3.8, 4) is 11.1 Å². The minimum Gasteiger partial charge on any atom is -0.284 e. The average molecular weight is 391 g/mol. The van der Waals surface area contributed by atoms with Crippen LogP contribution in [-0.4, -0.2) is 24.3 Å². The van der Waals surface area contributed by atoms with E-state index < -0.39 is 11.1 Å². The van der Waals surface area contributed by atoms with E-state index in [1.54, 1.807) is 25.2 Å². The summed E-state index contributed by atoms with van der Waals surface area (Å²) in [5.74, 6) is 0. The molecule has 0 saturated heterocycles. The van der Waals surface area contributed by atoms with Gasteiger partial charge in [-0.1, -0.05) is 0 Å². The van der Waals surface area contributed by atoms with E-state index in [0.29, 0.717) is 39.3 Å². The maximum absolute atomic E-state index is 12.9. The third-order valence-corrected chi connectivity index (χ3v) is 5.11. The summed E-state index contributed by atoms with van der Waals surface area (Å²) in [6, 6.07) is 6.21. The summed E-state index contributed by atoms with van der Waals surface area (Å²) in [6.45, 7) is 0.187. The zero-order valence-electron chi connectivity index (χ0n) is 13.9. The number of rotatable bonds is 3. The second kappa shape index (κ2) is 6.31. The summed E-state index contributed by atoms with van der Waals surface area (Å²) in [4.78, 5) is 16.2. The standard InChI is InChI=1S/C17H12F3N5OS/c1-24-15-13(25(16(24)26)8-12-3-2-4-22-23-12)5-10(7-21-15)11-6-14(27-9-11)17(18,19)20/h2-7,9H,8H2,1H3. The van der Waals surface area contributed by atoms with Gasteiger partial charge in [-0.2, -0.15) is 23.4 Å². The summed E-state index contributed by atoms with van der Waals surface area (Å²) in [7, 11) is 1.59. The van der Waals surface area contributed by atoms with E-state index in [1.165, 1.54) is 26.9 Å². The van der Waals surface area contributed by atoms with Gasteiger partial charge in [0, 0.05) is 25.0 Å². The van der Waals surface area contributed by atoms with Gasteiger partial charge < -0.3 is 0 Å². The van der Waals surface area contributed by atoms with Gasteiger partial charge in [-0.15, -0.1) is 11.3 Å². The van der Waals surface area contributed by atoms with Gasteiger partial charge in [0.25, 0.3) is 0 Å². The summed E-state index contributed by atoms with van der Waals surface area (Å²) in [6.07, 6.45) is -1.39. The molecular formula is C17H12F3N5OS. The maximum Gasteiger partial charge on any atom is 0.425 e. The molecule has 0 radical (unpaired) electrons. The minimum absolute atomic E-state index is 0.187. The molecule has 0 aliphatic heterocycles. The molecule has 0 fully saturated rings. The lowest BCUT2D eigenvalue weighted by atomic mass is 10.1. The fourth-order valence-electron chi connectivity index (χ4n) is 2.80. The third kappa shape index (κ3) is 3.12. The molecule has 0 aliphatic carbocycles. The molecule has 4 rings (SSSR count). The molecular weight excluding hydrogens is 379 g/mol. The van der Waals surface area contributed by atoms with Crippen LogP contribution in [0.3, 0.4) is 0 Å². The fourth-order valence-corrected chi connectivity index (χ4v) is 3.59. The van der Waals surface area contributed by atoms with Crippen molar-refractivity contribution in [3.63, 3.8) is 0 Å². The normalized spacial score (nSPS) is 12.0. The largest absolute Gasteiger partial charge is 0.425 e. The number of nitrogens with zero attached hydrogens (tertiary/aromatic N) is 5. The van der Waals surface area contributed by atoms with Crippen molar-refractivity contribution in [1.82, 2.24) is 24.3 Å². The van der Waals surface area contributed by atoms with Crippen LogP contribution in [0.25, 0.3) is 22.3 Å². The highest BCUT2D eigenvalue weighted by atomic mass is 32.1. The number of hydrogen-bond acceptors (Lipinski definition) is 5. The van der Waals surface area contributed by atoms with Crippen LogP contribution < -0.4 is 5.69 Å². The predicted molar refractivity (Wildman–Crippen MR) is 94.4 cm³/mol. The third-order valence-electron chi connectivity index (χ3n) is 4.13. The second-order valence-corrected chi connectivity index (χ2v) is 6.82. The van der Waals surface area contributed by atoms with E-state index in [1.807, 2.05) is 0 Å². The summed E-state index contributed by atoms with van der Waals surface area (Å²) in [5.41, 5.74) is 2.18. The van der Waals surface area contributed by atoms with Gasteiger partial charge in [0.2, 0.25) is 0 Å². The van der Waals surface area contributed by atoms with E-state index in [0.717, 1.165) is 6.07 Å². The van der Waals surface area contributed by atoms with Gasteiger partial charge in [-0.3, -0.25) is 9.13 Å². The Labute approximate surface area is 154 Å². The second-order valence-electron chi connectivity index (χ2n) is 5.91. The molecule has 0 aromatic carbocycles. The Morgan fingerprint density at radius 3 is 2.70 bits per heavy atom. The number of fused-ring (bicyclic) bond motifs is 1. The quantitative estimate of drug-likeness (QED) is 0.537. The molecule has 0 N–H and O–H groups in total. The number of thiophene rings is 1. The molecule has 27 heavy (non-hydrogen) atoms. The molecule has 138 valence electrons. The molecule has 4 heterocycles. The van der Waals surface area contributed by atoms with Crippen molar-refractivity contribution in [2.75, 3.05) is 0 Å². The summed E-state index contributed by atoms with van der Waals surface area (Å²) >= 11 is 0.627. The highest BCUT2D eigenvalue weighted by Crippen LogP contribution is 2.37.